The van der Waals surface area contributed by atoms with Gasteiger partial charge in [-0.2, -0.15) is 5.10 Å². The van der Waals surface area contributed by atoms with Gasteiger partial charge in [-0.1, -0.05) is 17.7 Å². The maximum Gasteiger partial charge on any atom is 0.343 e. The quantitative estimate of drug-likeness (QED) is 0.520. The first-order chi connectivity index (χ1) is 12.5. The Bertz CT molecular complexity index is 1240. The van der Waals surface area contributed by atoms with Gasteiger partial charge >= 0.3 is 5.97 Å². The highest BCUT2D eigenvalue weighted by Crippen LogP contribution is 2.18. The molecular formula is C19H16N4O3. The molecule has 1 aromatic carbocycles. The number of methoxy groups -OCH3 is 1. The van der Waals surface area contributed by atoms with Gasteiger partial charge in [-0.25, -0.2) is 14.3 Å². The maximum atomic E-state index is 13.0. The average molecular weight is 348 g/mol. The van der Waals surface area contributed by atoms with Crippen molar-refractivity contribution in [2.75, 3.05) is 7.11 Å². The molecule has 0 unspecified atom stereocenters. The number of esters is 1. The molecule has 3 aromatic heterocycles. The van der Waals surface area contributed by atoms with E-state index < -0.39 is 5.97 Å². The topological polar surface area (TPSA) is 78.5 Å². The van der Waals surface area contributed by atoms with Gasteiger partial charge < -0.3 is 4.74 Å². The summed E-state index contributed by atoms with van der Waals surface area (Å²) in [6.07, 6.45) is 4.58. The third kappa shape index (κ3) is 2.28. The van der Waals surface area contributed by atoms with Crippen LogP contribution in [0, 0.1) is 13.8 Å². The first-order valence-electron chi connectivity index (χ1n) is 8.05. The van der Waals surface area contributed by atoms with Crippen LogP contribution in [0.2, 0.25) is 0 Å². The number of benzene rings is 1. The van der Waals surface area contributed by atoms with E-state index in [0.29, 0.717) is 16.6 Å². The van der Waals surface area contributed by atoms with Crippen molar-refractivity contribution in [2.24, 2.45) is 0 Å². The number of fused-ring (bicyclic) bond motifs is 3. The Labute approximate surface area is 148 Å². The van der Waals surface area contributed by atoms with Crippen molar-refractivity contribution < 1.29 is 9.53 Å². The first-order valence-corrected chi connectivity index (χ1v) is 8.05. The number of pyridine rings is 1. The number of aryl methyl sites for hydroxylation is 2. The number of aromatic nitrogens is 4. The highest BCUT2D eigenvalue weighted by Gasteiger charge is 2.17. The Kier molecular flexibility index (Phi) is 3.57. The number of hydrogen-bond donors (Lipinski definition) is 0. The van der Waals surface area contributed by atoms with Crippen LogP contribution in [-0.2, 0) is 4.74 Å². The van der Waals surface area contributed by atoms with Crippen molar-refractivity contribution in [3.63, 3.8) is 0 Å². The summed E-state index contributed by atoms with van der Waals surface area (Å²) < 4.78 is 7.81. The van der Waals surface area contributed by atoms with Crippen LogP contribution in [0.1, 0.15) is 21.5 Å². The molecule has 0 aliphatic rings. The zero-order valence-electron chi connectivity index (χ0n) is 14.6. The molecule has 0 fully saturated rings. The molecule has 7 nitrogen and oxygen atoms in total. The summed E-state index contributed by atoms with van der Waals surface area (Å²) in [6.45, 7) is 3.98. The van der Waals surface area contributed by atoms with Crippen LogP contribution < -0.4 is 5.56 Å². The largest absolute Gasteiger partial charge is 0.465 e. The summed E-state index contributed by atoms with van der Waals surface area (Å²) in [5.74, 6) is -0.518. The van der Waals surface area contributed by atoms with Crippen LogP contribution in [0.3, 0.4) is 0 Å². The van der Waals surface area contributed by atoms with Gasteiger partial charge in [-0.05, 0) is 31.5 Å². The molecule has 26 heavy (non-hydrogen) atoms. The molecule has 0 radical (unpaired) electrons. The van der Waals surface area contributed by atoms with E-state index >= 15 is 0 Å². The Hall–Kier alpha value is -3.48. The van der Waals surface area contributed by atoms with Gasteiger partial charge in [-0.3, -0.25) is 9.36 Å². The van der Waals surface area contributed by atoms with Crippen LogP contribution in [0.15, 0.2) is 47.7 Å². The Balaban J connectivity index is 1.98. The van der Waals surface area contributed by atoms with E-state index in [4.69, 9.17) is 4.74 Å². The van der Waals surface area contributed by atoms with Gasteiger partial charge in [0.15, 0.2) is 5.65 Å². The molecule has 0 N–H and O–H groups in total. The predicted octanol–water partition coefficient (Wildman–Crippen LogP) is 2.44. The second-order valence-electron chi connectivity index (χ2n) is 6.12. The summed E-state index contributed by atoms with van der Waals surface area (Å²) in [5.41, 5.74) is 3.96. The molecule has 0 amide bonds. The van der Waals surface area contributed by atoms with Gasteiger partial charge in [-0.15, -0.1) is 0 Å². The predicted molar refractivity (Wildman–Crippen MR) is 96.9 cm³/mol. The monoisotopic (exact) mass is 348 g/mol. The van der Waals surface area contributed by atoms with Gasteiger partial charge in [0, 0.05) is 12.4 Å². The lowest BCUT2D eigenvalue weighted by molar-refractivity contribution is 0.0602. The van der Waals surface area contributed by atoms with E-state index in [0.717, 1.165) is 16.8 Å². The van der Waals surface area contributed by atoms with Gasteiger partial charge in [0.2, 0.25) is 0 Å². The van der Waals surface area contributed by atoms with Crippen molar-refractivity contribution in [2.45, 2.75) is 13.8 Å². The van der Waals surface area contributed by atoms with Crippen molar-refractivity contribution in [3.8, 4) is 5.69 Å². The Morgan fingerprint density at radius 2 is 1.96 bits per heavy atom. The highest BCUT2D eigenvalue weighted by molar-refractivity contribution is 5.96. The van der Waals surface area contributed by atoms with E-state index in [1.807, 2.05) is 32.0 Å². The Morgan fingerprint density at radius 1 is 1.15 bits per heavy atom. The fourth-order valence-corrected chi connectivity index (χ4v) is 3.14. The highest BCUT2D eigenvalue weighted by atomic mass is 16.5. The van der Waals surface area contributed by atoms with Crippen LogP contribution in [-0.4, -0.2) is 32.2 Å². The standard InChI is InChI=1S/C19H16N4O3/c1-11-4-5-15(12(2)8-11)22-7-6-16-13(18(22)24)9-20-17-14(19(25)26-3)10-21-23(16)17/h4-10H,1-3H3. The van der Waals surface area contributed by atoms with E-state index in [-0.39, 0.29) is 11.1 Å². The molecule has 0 aliphatic heterocycles. The summed E-state index contributed by atoms with van der Waals surface area (Å²) in [7, 11) is 1.30. The minimum Gasteiger partial charge on any atom is -0.465 e. The second-order valence-corrected chi connectivity index (χ2v) is 6.12. The average Bonchev–Trinajstić information content (AvgIpc) is 3.06. The number of nitrogens with zero attached hydrogens (tertiary/aromatic N) is 4. The number of carbonyl (C=O) groups excluding carboxylic acids is 1. The van der Waals surface area contributed by atoms with Crippen LogP contribution in [0.25, 0.3) is 22.2 Å². The molecule has 0 aliphatic carbocycles. The Morgan fingerprint density at radius 3 is 2.69 bits per heavy atom. The smallest absolute Gasteiger partial charge is 0.343 e. The first kappa shape index (κ1) is 16.0. The van der Waals surface area contributed by atoms with E-state index in [1.54, 1.807) is 16.8 Å². The molecule has 0 bridgehead atoms. The molecule has 0 atom stereocenters. The van der Waals surface area contributed by atoms with Crippen LogP contribution in [0.5, 0.6) is 0 Å². The number of ether oxygens (including phenoxy) is 1. The number of carbonyl (C=O) groups is 1. The SMILES string of the molecule is COC(=O)c1cnn2c1ncc1c(=O)n(-c3ccc(C)cc3C)ccc12. The maximum absolute atomic E-state index is 13.0. The van der Waals surface area contributed by atoms with Crippen molar-refractivity contribution in [1.29, 1.82) is 0 Å². The van der Waals surface area contributed by atoms with Gasteiger partial charge in [0.1, 0.15) is 5.56 Å². The van der Waals surface area contributed by atoms with Crippen LogP contribution >= 0.6 is 0 Å². The zero-order valence-corrected chi connectivity index (χ0v) is 14.6. The van der Waals surface area contributed by atoms with E-state index in [9.17, 15) is 9.59 Å². The molecule has 3 heterocycles. The van der Waals surface area contributed by atoms with Gasteiger partial charge in [0.05, 0.1) is 29.9 Å². The number of rotatable bonds is 2. The van der Waals surface area contributed by atoms with Crippen LogP contribution in [0.4, 0.5) is 0 Å². The minimum absolute atomic E-state index is 0.195. The van der Waals surface area contributed by atoms with Crippen molar-refractivity contribution >= 4 is 22.5 Å². The minimum atomic E-state index is -0.518. The summed E-state index contributed by atoms with van der Waals surface area (Å²) >= 11 is 0. The third-order valence-corrected chi connectivity index (χ3v) is 4.41. The van der Waals surface area contributed by atoms with Crippen molar-refractivity contribution in [3.05, 3.63) is 69.9 Å². The van der Waals surface area contributed by atoms with E-state index in [2.05, 4.69) is 10.1 Å². The molecule has 4 aromatic rings. The van der Waals surface area contributed by atoms with E-state index in [1.165, 1.54) is 24.0 Å². The van der Waals surface area contributed by atoms with Crippen molar-refractivity contribution in [1.82, 2.24) is 19.2 Å². The summed E-state index contributed by atoms with van der Waals surface area (Å²) in [4.78, 5) is 29.1. The summed E-state index contributed by atoms with van der Waals surface area (Å²) in [6, 6.07) is 7.71. The fourth-order valence-electron chi connectivity index (χ4n) is 3.14. The molecule has 130 valence electrons. The number of hydrogen-bond acceptors (Lipinski definition) is 5. The molecule has 7 heteroatoms. The molecule has 4 rings (SSSR count). The molecule has 0 spiro atoms. The third-order valence-electron chi connectivity index (χ3n) is 4.41. The lowest BCUT2D eigenvalue weighted by atomic mass is 10.1. The molecular weight excluding hydrogens is 332 g/mol. The normalized spacial score (nSPS) is 11.2. The molecule has 0 saturated heterocycles. The molecule has 0 saturated carbocycles. The summed E-state index contributed by atoms with van der Waals surface area (Å²) in [5, 5.41) is 4.61. The van der Waals surface area contributed by atoms with Gasteiger partial charge in [0.25, 0.3) is 5.56 Å². The lowest BCUT2D eigenvalue weighted by Crippen LogP contribution is -2.19. The second kappa shape index (κ2) is 5.80. The fraction of sp³-hybridized carbons (Fsp3) is 0.158. The zero-order chi connectivity index (χ0) is 18.4. The lowest BCUT2D eigenvalue weighted by Gasteiger charge is -2.11.